The van der Waals surface area contributed by atoms with Crippen LogP contribution in [0.3, 0.4) is 0 Å². The van der Waals surface area contributed by atoms with Gasteiger partial charge in [0, 0.05) is 11.4 Å². The molecule has 0 fully saturated rings. The predicted octanol–water partition coefficient (Wildman–Crippen LogP) is 3.45. The van der Waals surface area contributed by atoms with Gasteiger partial charge in [0.2, 0.25) is 0 Å². The zero-order valence-corrected chi connectivity index (χ0v) is 9.86. The zero-order valence-electron chi connectivity index (χ0n) is 9.86. The highest BCUT2D eigenvalue weighted by molar-refractivity contribution is 5.90. The van der Waals surface area contributed by atoms with Crippen molar-refractivity contribution < 1.29 is 4.79 Å². The van der Waals surface area contributed by atoms with Crippen molar-refractivity contribution in [2.24, 2.45) is 0 Å². The number of nitrogens with one attached hydrogen (secondary N) is 2. The summed E-state index contributed by atoms with van der Waals surface area (Å²) in [6, 6.07) is 8.90. The Morgan fingerprint density at radius 1 is 1.18 bits per heavy atom. The van der Waals surface area contributed by atoms with E-state index in [4.69, 9.17) is 0 Å². The second-order valence-electron chi connectivity index (χ2n) is 3.65. The summed E-state index contributed by atoms with van der Waals surface area (Å²) in [5.74, 6) is 0. The van der Waals surface area contributed by atoms with E-state index in [-0.39, 0.29) is 6.03 Å². The number of allylic oxidation sites excluding steroid dienone is 3. The highest BCUT2D eigenvalue weighted by Crippen LogP contribution is 2.04. The van der Waals surface area contributed by atoms with E-state index in [0.717, 1.165) is 11.3 Å². The molecule has 2 amide bonds. The molecule has 0 aliphatic carbocycles. The van der Waals surface area contributed by atoms with E-state index in [1.165, 1.54) is 0 Å². The van der Waals surface area contributed by atoms with Crippen molar-refractivity contribution in [2.45, 2.75) is 6.92 Å². The lowest BCUT2D eigenvalue weighted by Crippen LogP contribution is -2.26. The number of anilines is 1. The second kappa shape index (κ2) is 6.33. The number of hydrogen-bond donors (Lipinski definition) is 2. The van der Waals surface area contributed by atoms with Gasteiger partial charge in [-0.15, -0.1) is 0 Å². The minimum Gasteiger partial charge on any atom is -0.308 e. The molecule has 0 aromatic heterocycles. The van der Waals surface area contributed by atoms with Crippen molar-refractivity contribution in [3.8, 4) is 0 Å². The molecule has 0 bridgehead atoms. The van der Waals surface area contributed by atoms with Gasteiger partial charge in [0.1, 0.15) is 0 Å². The molecule has 0 unspecified atom stereocenters. The van der Waals surface area contributed by atoms with E-state index in [1.807, 2.05) is 37.3 Å². The number of amides is 2. The van der Waals surface area contributed by atoms with Crippen LogP contribution in [0.2, 0.25) is 0 Å². The summed E-state index contributed by atoms with van der Waals surface area (Å²) in [6.07, 6.45) is 3.48. The Balaban J connectivity index is 2.45. The van der Waals surface area contributed by atoms with Gasteiger partial charge in [0.25, 0.3) is 0 Å². The summed E-state index contributed by atoms with van der Waals surface area (Å²) in [5.41, 5.74) is 2.15. The molecular formula is C14H16N2O. The van der Waals surface area contributed by atoms with Crippen LogP contribution in [0.1, 0.15) is 6.92 Å². The van der Waals surface area contributed by atoms with Crippen molar-refractivity contribution in [1.29, 1.82) is 0 Å². The Bertz CT molecular complexity index is 447. The maximum absolute atomic E-state index is 11.5. The Hall–Kier alpha value is -2.29. The molecule has 0 saturated heterocycles. The third-order valence-electron chi connectivity index (χ3n) is 1.87. The topological polar surface area (TPSA) is 41.1 Å². The lowest BCUT2D eigenvalue weighted by Gasteiger charge is -2.06. The number of carbonyl (C=O) groups is 1. The predicted molar refractivity (Wildman–Crippen MR) is 71.7 cm³/mol. The first-order valence-electron chi connectivity index (χ1n) is 5.23. The lowest BCUT2D eigenvalue weighted by atomic mass is 10.3. The van der Waals surface area contributed by atoms with E-state index >= 15 is 0 Å². The summed E-state index contributed by atoms with van der Waals surface area (Å²) in [6.45, 7) is 9.29. The van der Waals surface area contributed by atoms with Crippen LogP contribution < -0.4 is 10.6 Å². The fourth-order valence-corrected chi connectivity index (χ4v) is 1.11. The average molecular weight is 228 g/mol. The Kier molecular flexibility index (Phi) is 4.76. The van der Waals surface area contributed by atoms with E-state index in [2.05, 4.69) is 23.8 Å². The van der Waals surface area contributed by atoms with Crippen molar-refractivity contribution in [2.75, 3.05) is 5.32 Å². The summed E-state index contributed by atoms with van der Waals surface area (Å²) in [5, 5.41) is 5.30. The third-order valence-corrected chi connectivity index (χ3v) is 1.87. The molecule has 1 rings (SSSR count). The number of rotatable bonds is 4. The molecule has 3 heteroatoms. The van der Waals surface area contributed by atoms with Crippen LogP contribution in [0.5, 0.6) is 0 Å². The van der Waals surface area contributed by atoms with Crippen molar-refractivity contribution in [3.63, 3.8) is 0 Å². The molecule has 17 heavy (non-hydrogen) atoms. The molecule has 1 aromatic carbocycles. The highest BCUT2D eigenvalue weighted by Gasteiger charge is 2.00. The van der Waals surface area contributed by atoms with Gasteiger partial charge in [0.05, 0.1) is 0 Å². The van der Waals surface area contributed by atoms with Gasteiger partial charge in [-0.1, -0.05) is 43.0 Å². The number of carbonyl (C=O) groups excluding carboxylic acids is 1. The molecule has 1 aromatic rings. The lowest BCUT2D eigenvalue weighted by molar-refractivity contribution is 0.254. The van der Waals surface area contributed by atoms with Gasteiger partial charge in [-0.05, 0) is 25.1 Å². The molecule has 88 valence electrons. The zero-order chi connectivity index (χ0) is 12.7. The molecule has 0 aliphatic rings. The first-order valence-corrected chi connectivity index (χ1v) is 5.23. The van der Waals surface area contributed by atoms with Gasteiger partial charge in [-0.25, -0.2) is 4.79 Å². The largest absolute Gasteiger partial charge is 0.323 e. The molecular weight excluding hydrogens is 212 g/mol. The van der Waals surface area contributed by atoms with Crippen molar-refractivity contribution >= 4 is 11.7 Å². The smallest absolute Gasteiger partial charge is 0.308 e. The normalized spacial score (nSPS) is 9.94. The molecule has 0 saturated carbocycles. The Labute approximate surface area is 102 Å². The Morgan fingerprint density at radius 2 is 1.82 bits per heavy atom. The highest BCUT2D eigenvalue weighted by atomic mass is 16.2. The van der Waals surface area contributed by atoms with Crippen LogP contribution in [0, 0.1) is 0 Å². The molecule has 0 aliphatic heterocycles. The number of benzene rings is 1. The van der Waals surface area contributed by atoms with E-state index in [0.29, 0.717) is 5.70 Å². The third kappa shape index (κ3) is 5.37. The van der Waals surface area contributed by atoms with Gasteiger partial charge >= 0.3 is 6.03 Å². The van der Waals surface area contributed by atoms with Crippen LogP contribution in [0.25, 0.3) is 0 Å². The number of para-hydroxylation sites is 1. The molecule has 3 nitrogen and oxygen atoms in total. The Morgan fingerprint density at radius 3 is 2.41 bits per heavy atom. The summed E-state index contributed by atoms with van der Waals surface area (Å²) in [4.78, 5) is 11.5. The van der Waals surface area contributed by atoms with Crippen LogP contribution in [0.4, 0.5) is 10.5 Å². The molecule has 2 N–H and O–H groups in total. The second-order valence-corrected chi connectivity index (χ2v) is 3.65. The number of hydrogen-bond acceptors (Lipinski definition) is 1. The summed E-state index contributed by atoms with van der Waals surface area (Å²) >= 11 is 0. The van der Waals surface area contributed by atoms with Crippen molar-refractivity contribution in [1.82, 2.24) is 5.32 Å². The quantitative estimate of drug-likeness (QED) is 0.761. The van der Waals surface area contributed by atoms with E-state index in [9.17, 15) is 4.79 Å². The minimum atomic E-state index is -0.312. The number of urea groups is 1. The first kappa shape index (κ1) is 12.8. The minimum absolute atomic E-state index is 0.312. The van der Waals surface area contributed by atoms with Crippen LogP contribution in [-0.2, 0) is 0 Å². The SMILES string of the molecule is C=C(C)/C=C\C(=C)NC(=O)Nc1ccccc1. The molecule has 0 atom stereocenters. The average Bonchev–Trinajstić information content (AvgIpc) is 2.27. The fraction of sp³-hybridized carbons (Fsp3) is 0.0714. The maximum atomic E-state index is 11.5. The first-order chi connectivity index (χ1) is 8.08. The molecule has 0 spiro atoms. The van der Waals surface area contributed by atoms with Gasteiger partial charge < -0.3 is 10.6 Å². The van der Waals surface area contributed by atoms with Crippen LogP contribution >= 0.6 is 0 Å². The standard InChI is InChI=1S/C14H16N2O/c1-11(2)9-10-12(3)15-14(17)16-13-7-5-4-6-8-13/h4-10H,1,3H2,2H3,(H2,15,16,17)/b10-9-. The summed E-state index contributed by atoms with van der Waals surface area (Å²) in [7, 11) is 0. The molecule has 0 heterocycles. The van der Waals surface area contributed by atoms with E-state index < -0.39 is 0 Å². The van der Waals surface area contributed by atoms with Crippen LogP contribution in [-0.4, -0.2) is 6.03 Å². The monoisotopic (exact) mass is 228 g/mol. The van der Waals surface area contributed by atoms with Gasteiger partial charge in [-0.3, -0.25) is 0 Å². The fourth-order valence-electron chi connectivity index (χ4n) is 1.11. The van der Waals surface area contributed by atoms with Gasteiger partial charge in [-0.2, -0.15) is 0 Å². The van der Waals surface area contributed by atoms with Gasteiger partial charge in [0.15, 0.2) is 0 Å². The van der Waals surface area contributed by atoms with Crippen LogP contribution in [0.15, 0.2) is 66.9 Å². The molecule has 0 radical (unpaired) electrons. The summed E-state index contributed by atoms with van der Waals surface area (Å²) < 4.78 is 0. The van der Waals surface area contributed by atoms with Crippen molar-refractivity contribution in [3.05, 3.63) is 66.9 Å². The maximum Gasteiger partial charge on any atom is 0.323 e. The van der Waals surface area contributed by atoms with E-state index in [1.54, 1.807) is 12.2 Å².